The first-order valence-corrected chi connectivity index (χ1v) is 5.85. The molecule has 1 atom stereocenters. The fourth-order valence-corrected chi connectivity index (χ4v) is 1.30. The number of amides is 2. The highest BCUT2D eigenvalue weighted by molar-refractivity contribution is 5.73. The lowest BCUT2D eigenvalue weighted by molar-refractivity contribution is 0.107. The second-order valence-corrected chi connectivity index (χ2v) is 4.24. The Bertz CT molecular complexity index is 227. The Morgan fingerprint density at radius 3 is 2.41 bits per heavy atom. The van der Waals surface area contributed by atoms with Gasteiger partial charge in [0.25, 0.3) is 6.43 Å². The molecule has 0 aliphatic rings. The third-order valence-corrected chi connectivity index (χ3v) is 2.84. The topological polar surface area (TPSA) is 35.6 Å². The molecule has 0 aromatic rings. The third kappa shape index (κ3) is 7.10. The van der Waals surface area contributed by atoms with Gasteiger partial charge in [-0.2, -0.15) is 0 Å². The van der Waals surface area contributed by atoms with Gasteiger partial charge in [0.1, 0.15) is 0 Å². The maximum atomic E-state index is 12.0. The van der Waals surface area contributed by atoms with Gasteiger partial charge in [0.2, 0.25) is 0 Å². The minimum absolute atomic E-state index is 0.450. The Kier molecular flexibility index (Phi) is 7.78. The molecule has 6 heteroatoms. The number of hydrogen-bond acceptors (Lipinski definition) is 2. The summed E-state index contributed by atoms with van der Waals surface area (Å²) < 4.78 is 24.0. The molecule has 0 bridgehead atoms. The lowest BCUT2D eigenvalue weighted by Gasteiger charge is -2.24. The van der Waals surface area contributed by atoms with Gasteiger partial charge in [-0.05, 0) is 20.4 Å². The van der Waals surface area contributed by atoms with Gasteiger partial charge in [-0.1, -0.05) is 6.92 Å². The van der Waals surface area contributed by atoms with Crippen LogP contribution in [0.5, 0.6) is 0 Å². The molecular formula is C11H23F2N3O. The van der Waals surface area contributed by atoms with Crippen LogP contribution >= 0.6 is 0 Å². The van der Waals surface area contributed by atoms with E-state index in [1.54, 1.807) is 0 Å². The third-order valence-electron chi connectivity index (χ3n) is 2.84. The highest BCUT2D eigenvalue weighted by Gasteiger charge is 2.13. The molecule has 1 N–H and O–H groups in total. The van der Waals surface area contributed by atoms with E-state index in [0.717, 1.165) is 11.3 Å². The van der Waals surface area contributed by atoms with Crippen molar-refractivity contribution in [2.24, 2.45) is 0 Å². The average Bonchev–Trinajstić information content (AvgIpc) is 2.26. The smallest absolute Gasteiger partial charge is 0.317 e. The molecule has 0 unspecified atom stereocenters. The number of carbonyl (C=O) groups is 1. The van der Waals surface area contributed by atoms with E-state index in [1.165, 1.54) is 7.05 Å². The second-order valence-electron chi connectivity index (χ2n) is 4.24. The molecule has 102 valence electrons. The minimum Gasteiger partial charge on any atom is -0.337 e. The fourth-order valence-electron chi connectivity index (χ4n) is 1.30. The zero-order chi connectivity index (χ0) is 13.4. The second kappa shape index (κ2) is 8.22. The molecule has 0 radical (unpaired) electrons. The number of halogens is 2. The Labute approximate surface area is 102 Å². The van der Waals surface area contributed by atoms with Crippen molar-refractivity contribution in [3.63, 3.8) is 0 Å². The van der Waals surface area contributed by atoms with Gasteiger partial charge >= 0.3 is 6.03 Å². The average molecular weight is 251 g/mol. The summed E-state index contributed by atoms with van der Waals surface area (Å²) in [5, 5.41) is 2.61. The summed E-state index contributed by atoms with van der Waals surface area (Å²) in [6.07, 6.45) is -1.45. The Hall–Kier alpha value is -0.910. The maximum absolute atomic E-state index is 12.0. The molecule has 0 aromatic carbocycles. The van der Waals surface area contributed by atoms with E-state index in [0.29, 0.717) is 19.1 Å². The van der Waals surface area contributed by atoms with Crippen LogP contribution in [0, 0.1) is 0 Å². The Balaban J connectivity index is 3.77. The number of nitrogens with one attached hydrogen (secondary N) is 1. The van der Waals surface area contributed by atoms with Crippen molar-refractivity contribution < 1.29 is 13.6 Å². The molecule has 0 heterocycles. The van der Waals surface area contributed by atoms with Crippen molar-refractivity contribution in [1.82, 2.24) is 15.1 Å². The van der Waals surface area contributed by atoms with Crippen LogP contribution in [-0.4, -0.2) is 62.0 Å². The lowest BCUT2D eigenvalue weighted by atomic mass is 10.2. The van der Waals surface area contributed by atoms with E-state index in [-0.39, 0.29) is 0 Å². The molecule has 0 aliphatic heterocycles. The molecule has 0 rings (SSSR count). The molecule has 0 fully saturated rings. The normalized spacial score (nSPS) is 12.9. The van der Waals surface area contributed by atoms with Crippen molar-refractivity contribution in [2.45, 2.75) is 32.7 Å². The van der Waals surface area contributed by atoms with Crippen molar-refractivity contribution >= 4 is 6.03 Å². The number of urea groups is 1. The van der Waals surface area contributed by atoms with Crippen molar-refractivity contribution in [3.05, 3.63) is 0 Å². The summed E-state index contributed by atoms with van der Waals surface area (Å²) in [5.41, 5.74) is 0. The first-order valence-electron chi connectivity index (χ1n) is 5.85. The van der Waals surface area contributed by atoms with Gasteiger partial charge < -0.3 is 15.1 Å². The van der Waals surface area contributed by atoms with Crippen molar-refractivity contribution in [2.75, 3.05) is 33.7 Å². The van der Waals surface area contributed by atoms with E-state index in [4.69, 9.17) is 0 Å². The zero-order valence-corrected chi connectivity index (χ0v) is 11.0. The number of alkyl halides is 2. The minimum atomic E-state index is -2.49. The standard InChI is InChI=1S/C11H23F2N3O/c1-5-9(2)15(3)7-6-14-11(17)16(4)8-10(12)13/h9-10H,5-8H2,1-4H3,(H,14,17)/t9-/m1/s1. The van der Waals surface area contributed by atoms with Gasteiger partial charge in [0, 0.05) is 26.2 Å². The fraction of sp³-hybridized carbons (Fsp3) is 0.909. The number of rotatable bonds is 7. The Morgan fingerprint density at radius 1 is 1.35 bits per heavy atom. The van der Waals surface area contributed by atoms with Gasteiger partial charge in [-0.25, -0.2) is 13.6 Å². The number of hydrogen-bond donors (Lipinski definition) is 1. The van der Waals surface area contributed by atoms with Crippen molar-refractivity contribution in [1.29, 1.82) is 0 Å². The molecule has 17 heavy (non-hydrogen) atoms. The number of carbonyl (C=O) groups excluding carboxylic acids is 1. The molecule has 4 nitrogen and oxygen atoms in total. The van der Waals surface area contributed by atoms with Crippen LogP contribution < -0.4 is 5.32 Å². The van der Waals surface area contributed by atoms with E-state index < -0.39 is 19.0 Å². The maximum Gasteiger partial charge on any atom is 0.317 e. The summed E-state index contributed by atoms with van der Waals surface area (Å²) >= 11 is 0. The van der Waals surface area contributed by atoms with Crippen LogP contribution in [0.1, 0.15) is 20.3 Å². The molecule has 2 amide bonds. The first-order chi connectivity index (χ1) is 7.88. The van der Waals surface area contributed by atoms with E-state index in [2.05, 4.69) is 24.1 Å². The molecule has 0 aromatic heterocycles. The van der Waals surface area contributed by atoms with Crippen LogP contribution in [0.2, 0.25) is 0 Å². The number of nitrogens with zero attached hydrogens (tertiary/aromatic N) is 2. The monoisotopic (exact) mass is 251 g/mol. The summed E-state index contributed by atoms with van der Waals surface area (Å²) in [6, 6.07) is -0.00597. The molecule has 0 saturated heterocycles. The zero-order valence-electron chi connectivity index (χ0n) is 11.0. The summed E-state index contributed by atoms with van der Waals surface area (Å²) in [5.74, 6) is 0. The van der Waals surface area contributed by atoms with E-state index in [1.807, 2.05) is 7.05 Å². The van der Waals surface area contributed by atoms with E-state index >= 15 is 0 Å². The summed E-state index contributed by atoms with van der Waals surface area (Å²) in [4.78, 5) is 14.5. The summed E-state index contributed by atoms with van der Waals surface area (Å²) in [6.45, 7) is 4.84. The van der Waals surface area contributed by atoms with Crippen LogP contribution in [0.4, 0.5) is 13.6 Å². The first kappa shape index (κ1) is 16.1. The molecule has 0 saturated carbocycles. The molecule has 0 spiro atoms. The van der Waals surface area contributed by atoms with Crippen LogP contribution in [-0.2, 0) is 0 Å². The number of likely N-dealkylation sites (N-methyl/N-ethyl adjacent to an activating group) is 1. The highest BCUT2D eigenvalue weighted by Crippen LogP contribution is 1.99. The van der Waals surface area contributed by atoms with Gasteiger partial charge in [-0.15, -0.1) is 0 Å². The van der Waals surface area contributed by atoms with Gasteiger partial charge in [0.05, 0.1) is 6.54 Å². The highest BCUT2D eigenvalue weighted by atomic mass is 19.3. The molecule has 0 aliphatic carbocycles. The summed E-state index contributed by atoms with van der Waals surface area (Å²) in [7, 11) is 3.34. The molecular weight excluding hydrogens is 228 g/mol. The SMILES string of the molecule is CC[C@@H](C)N(C)CCNC(=O)N(C)CC(F)F. The van der Waals surface area contributed by atoms with Crippen LogP contribution in [0.3, 0.4) is 0 Å². The largest absolute Gasteiger partial charge is 0.337 e. The van der Waals surface area contributed by atoms with Gasteiger partial charge in [-0.3, -0.25) is 0 Å². The quantitative estimate of drug-likeness (QED) is 0.746. The Morgan fingerprint density at radius 2 is 1.94 bits per heavy atom. The van der Waals surface area contributed by atoms with Crippen LogP contribution in [0.15, 0.2) is 0 Å². The van der Waals surface area contributed by atoms with Gasteiger partial charge in [0.15, 0.2) is 0 Å². The van der Waals surface area contributed by atoms with Crippen LogP contribution in [0.25, 0.3) is 0 Å². The predicted molar refractivity (Wildman–Crippen MR) is 64.4 cm³/mol. The predicted octanol–water partition coefficient (Wildman–Crippen LogP) is 1.62. The van der Waals surface area contributed by atoms with E-state index in [9.17, 15) is 13.6 Å². The lowest BCUT2D eigenvalue weighted by Crippen LogP contribution is -2.43. The van der Waals surface area contributed by atoms with Crippen molar-refractivity contribution in [3.8, 4) is 0 Å².